The molecule has 2 N–H and O–H groups in total. The number of methoxy groups -OCH3 is 2. The van der Waals surface area contributed by atoms with Gasteiger partial charge in [0.1, 0.15) is 0 Å². The van der Waals surface area contributed by atoms with Crippen molar-refractivity contribution in [2.75, 3.05) is 47.1 Å². The molecule has 1 aliphatic heterocycles. The molecule has 1 fully saturated rings. The van der Waals surface area contributed by atoms with Crippen LogP contribution >= 0.6 is 0 Å². The first-order valence-corrected chi connectivity index (χ1v) is 9.67. The quantitative estimate of drug-likeness (QED) is 0.390. The number of hydrogen-bond acceptors (Lipinski definition) is 5. The third-order valence-corrected chi connectivity index (χ3v) is 4.58. The van der Waals surface area contributed by atoms with E-state index in [-0.39, 0.29) is 5.75 Å². The number of guanidine groups is 1. The highest BCUT2D eigenvalue weighted by molar-refractivity contribution is 5.80. The Balaban J connectivity index is 1.87. The summed E-state index contributed by atoms with van der Waals surface area (Å²) < 4.78 is 16.1. The van der Waals surface area contributed by atoms with Gasteiger partial charge in [0.05, 0.1) is 19.8 Å². The minimum atomic E-state index is 0.140. The normalized spacial score (nSPS) is 15.8. The number of piperidine rings is 1. The van der Waals surface area contributed by atoms with Gasteiger partial charge in [0.2, 0.25) is 0 Å². The summed E-state index contributed by atoms with van der Waals surface area (Å²) in [5.41, 5.74) is 0.945. The Morgan fingerprint density at radius 2 is 2.04 bits per heavy atom. The van der Waals surface area contributed by atoms with Gasteiger partial charge in [0, 0.05) is 40.0 Å². The zero-order valence-electron chi connectivity index (χ0n) is 16.7. The van der Waals surface area contributed by atoms with Gasteiger partial charge in [0.25, 0.3) is 0 Å². The third kappa shape index (κ3) is 6.92. The van der Waals surface area contributed by atoms with Crippen LogP contribution in [0.3, 0.4) is 0 Å². The van der Waals surface area contributed by atoms with E-state index in [0.29, 0.717) is 18.4 Å². The molecule has 2 rings (SSSR count). The van der Waals surface area contributed by atoms with Crippen LogP contribution in [0.2, 0.25) is 0 Å². The predicted octanol–water partition coefficient (Wildman–Crippen LogP) is 2.38. The molecule has 0 atom stereocenters. The number of ether oxygens (including phenoxy) is 3. The Morgan fingerprint density at radius 3 is 2.67 bits per heavy atom. The molecule has 0 bridgehead atoms. The van der Waals surface area contributed by atoms with Crippen LogP contribution in [0.25, 0.3) is 0 Å². The molecule has 1 aromatic rings. The number of hydrogen-bond donors (Lipinski definition) is 2. The first-order chi connectivity index (χ1) is 13.2. The molecule has 7 nitrogen and oxygen atoms in total. The summed E-state index contributed by atoms with van der Waals surface area (Å²) in [4.78, 5) is 7.02. The number of aliphatic imine (C=N–C) groups is 1. The van der Waals surface area contributed by atoms with Gasteiger partial charge in [-0.3, -0.25) is 0 Å². The van der Waals surface area contributed by atoms with E-state index in [1.165, 1.54) is 0 Å². The van der Waals surface area contributed by atoms with E-state index in [1.54, 1.807) is 26.4 Å². The molecule has 1 aromatic carbocycles. The molecule has 0 aliphatic carbocycles. The summed E-state index contributed by atoms with van der Waals surface area (Å²) in [5.74, 6) is 1.52. The number of phenolic OH excluding ortho intramolecular Hbond substituents is 1. The van der Waals surface area contributed by atoms with Gasteiger partial charge in [0.15, 0.2) is 17.5 Å². The van der Waals surface area contributed by atoms with Crippen LogP contribution < -0.4 is 10.1 Å². The van der Waals surface area contributed by atoms with Gasteiger partial charge < -0.3 is 29.5 Å². The lowest BCUT2D eigenvalue weighted by molar-refractivity contribution is 0.00990. The van der Waals surface area contributed by atoms with E-state index in [2.05, 4.69) is 17.1 Å². The van der Waals surface area contributed by atoms with Crippen LogP contribution in [0.15, 0.2) is 23.2 Å². The standard InChI is InChI=1S/C20H33N3O4/c1-4-21-20(22-15-16-6-7-19(26-3)18(24)14-16)23-10-8-17(9-11-23)27-13-5-12-25-2/h6-7,14,17,24H,4-5,8-13,15H2,1-3H3,(H,21,22). The second-order valence-corrected chi connectivity index (χ2v) is 6.58. The fourth-order valence-electron chi connectivity index (χ4n) is 3.11. The summed E-state index contributed by atoms with van der Waals surface area (Å²) >= 11 is 0. The SMILES string of the molecule is CCNC(=NCc1ccc(OC)c(O)c1)N1CCC(OCCCOC)CC1. The molecular weight excluding hydrogens is 346 g/mol. The smallest absolute Gasteiger partial charge is 0.194 e. The lowest BCUT2D eigenvalue weighted by atomic mass is 10.1. The van der Waals surface area contributed by atoms with E-state index in [9.17, 15) is 5.11 Å². The Hall–Kier alpha value is -1.99. The highest BCUT2D eigenvalue weighted by atomic mass is 16.5. The van der Waals surface area contributed by atoms with Gasteiger partial charge in [-0.1, -0.05) is 6.07 Å². The van der Waals surface area contributed by atoms with Gasteiger partial charge >= 0.3 is 0 Å². The van der Waals surface area contributed by atoms with Crippen molar-refractivity contribution in [1.29, 1.82) is 0 Å². The molecular formula is C20H33N3O4. The largest absolute Gasteiger partial charge is 0.504 e. The van der Waals surface area contributed by atoms with Crippen molar-refractivity contribution in [3.63, 3.8) is 0 Å². The lowest BCUT2D eigenvalue weighted by Crippen LogP contribution is -2.47. The number of phenols is 1. The van der Waals surface area contributed by atoms with Gasteiger partial charge in [-0.25, -0.2) is 4.99 Å². The number of benzene rings is 1. The monoisotopic (exact) mass is 379 g/mol. The van der Waals surface area contributed by atoms with Crippen LogP contribution in [0, 0.1) is 0 Å². The first kappa shape index (κ1) is 21.3. The second kappa shape index (κ2) is 11.7. The van der Waals surface area contributed by atoms with Crippen LogP contribution in [-0.4, -0.2) is 69.1 Å². The first-order valence-electron chi connectivity index (χ1n) is 9.67. The average Bonchev–Trinajstić information content (AvgIpc) is 2.69. The average molecular weight is 380 g/mol. The van der Waals surface area contributed by atoms with E-state index in [1.807, 2.05) is 6.07 Å². The molecule has 0 unspecified atom stereocenters. The molecule has 1 saturated heterocycles. The zero-order valence-corrected chi connectivity index (χ0v) is 16.7. The van der Waals surface area contributed by atoms with E-state index >= 15 is 0 Å². The van der Waals surface area contributed by atoms with Crippen molar-refractivity contribution in [2.24, 2.45) is 4.99 Å². The zero-order chi connectivity index (χ0) is 19.5. The van der Waals surface area contributed by atoms with Crippen molar-refractivity contribution in [2.45, 2.75) is 38.8 Å². The second-order valence-electron chi connectivity index (χ2n) is 6.58. The minimum Gasteiger partial charge on any atom is -0.504 e. The Kier molecular flexibility index (Phi) is 9.21. The molecule has 7 heteroatoms. The summed E-state index contributed by atoms with van der Waals surface area (Å²) in [7, 11) is 3.26. The molecule has 0 radical (unpaired) electrons. The third-order valence-electron chi connectivity index (χ3n) is 4.58. The minimum absolute atomic E-state index is 0.140. The highest BCUT2D eigenvalue weighted by Crippen LogP contribution is 2.26. The Labute approximate surface area is 162 Å². The van der Waals surface area contributed by atoms with Crippen molar-refractivity contribution < 1.29 is 19.3 Å². The van der Waals surface area contributed by atoms with Gasteiger partial charge in [-0.15, -0.1) is 0 Å². The number of aromatic hydroxyl groups is 1. The Bertz CT molecular complexity index is 587. The molecule has 0 saturated carbocycles. The maximum Gasteiger partial charge on any atom is 0.194 e. The molecule has 27 heavy (non-hydrogen) atoms. The molecule has 1 heterocycles. The molecule has 0 spiro atoms. The van der Waals surface area contributed by atoms with Gasteiger partial charge in [-0.2, -0.15) is 0 Å². The maximum absolute atomic E-state index is 9.92. The number of nitrogens with one attached hydrogen (secondary N) is 1. The summed E-state index contributed by atoms with van der Waals surface area (Å²) in [6.45, 7) is 6.75. The van der Waals surface area contributed by atoms with Crippen molar-refractivity contribution in [3.05, 3.63) is 23.8 Å². The van der Waals surface area contributed by atoms with Crippen molar-refractivity contribution in [3.8, 4) is 11.5 Å². The van der Waals surface area contributed by atoms with Crippen molar-refractivity contribution >= 4 is 5.96 Å². The molecule has 152 valence electrons. The summed E-state index contributed by atoms with van der Waals surface area (Å²) in [5, 5.41) is 13.3. The highest BCUT2D eigenvalue weighted by Gasteiger charge is 2.21. The lowest BCUT2D eigenvalue weighted by Gasteiger charge is -2.34. The van der Waals surface area contributed by atoms with E-state index in [0.717, 1.165) is 63.6 Å². The van der Waals surface area contributed by atoms with E-state index in [4.69, 9.17) is 19.2 Å². The van der Waals surface area contributed by atoms with Gasteiger partial charge in [-0.05, 0) is 43.9 Å². The summed E-state index contributed by atoms with van der Waals surface area (Å²) in [6.07, 6.45) is 3.26. The fraction of sp³-hybridized carbons (Fsp3) is 0.650. The van der Waals surface area contributed by atoms with Crippen LogP contribution in [0.5, 0.6) is 11.5 Å². The molecule has 0 amide bonds. The maximum atomic E-state index is 9.92. The molecule has 0 aromatic heterocycles. The topological polar surface area (TPSA) is 75.6 Å². The summed E-state index contributed by atoms with van der Waals surface area (Å²) in [6, 6.07) is 5.39. The van der Waals surface area contributed by atoms with Crippen molar-refractivity contribution in [1.82, 2.24) is 10.2 Å². The Morgan fingerprint density at radius 1 is 1.26 bits per heavy atom. The number of nitrogens with zero attached hydrogens (tertiary/aromatic N) is 2. The van der Waals surface area contributed by atoms with E-state index < -0.39 is 0 Å². The molecule has 1 aliphatic rings. The predicted molar refractivity (Wildman–Crippen MR) is 107 cm³/mol. The fourth-order valence-corrected chi connectivity index (χ4v) is 3.11. The van der Waals surface area contributed by atoms with Crippen LogP contribution in [0.4, 0.5) is 0 Å². The number of rotatable bonds is 9. The van der Waals surface area contributed by atoms with Crippen LogP contribution in [0.1, 0.15) is 31.7 Å². The number of likely N-dealkylation sites (tertiary alicyclic amines) is 1. The van der Waals surface area contributed by atoms with Crippen LogP contribution in [-0.2, 0) is 16.0 Å².